The third-order valence-electron chi connectivity index (χ3n) is 3.25. The van der Waals surface area contributed by atoms with Gasteiger partial charge < -0.3 is 4.74 Å². The molecular formula is C18H16N4O. The van der Waals surface area contributed by atoms with E-state index in [4.69, 9.17) is 4.74 Å². The molecule has 0 fully saturated rings. The zero-order chi connectivity index (χ0) is 15.9. The summed E-state index contributed by atoms with van der Waals surface area (Å²) in [6.45, 7) is 0. The van der Waals surface area contributed by atoms with Gasteiger partial charge in [-0.3, -0.25) is 0 Å². The van der Waals surface area contributed by atoms with Crippen LogP contribution in [0.3, 0.4) is 0 Å². The highest BCUT2D eigenvalue weighted by Crippen LogP contribution is 2.18. The van der Waals surface area contributed by atoms with Gasteiger partial charge in [-0.1, -0.05) is 48.5 Å². The van der Waals surface area contributed by atoms with Crippen molar-refractivity contribution in [1.29, 1.82) is 0 Å². The Bertz CT molecular complexity index is 822. The minimum atomic E-state index is 0.701. The van der Waals surface area contributed by atoms with Crippen LogP contribution in [0.15, 0.2) is 72.1 Å². The lowest BCUT2D eigenvalue weighted by Crippen LogP contribution is -1.91. The summed E-state index contributed by atoms with van der Waals surface area (Å²) in [5.74, 6) is 1.53. The Kier molecular flexibility index (Phi) is 4.59. The number of para-hydroxylation sites is 1. The van der Waals surface area contributed by atoms with Gasteiger partial charge in [-0.2, -0.15) is 9.78 Å². The molecule has 0 atom stereocenters. The third kappa shape index (κ3) is 3.52. The van der Waals surface area contributed by atoms with Crippen LogP contribution < -0.4 is 4.74 Å². The van der Waals surface area contributed by atoms with Gasteiger partial charge in [0.1, 0.15) is 12.1 Å². The molecule has 0 spiro atoms. The SMILES string of the molecule is COc1ccccc1/C=C/C=N\n1cnnc1-c1ccccc1. The van der Waals surface area contributed by atoms with Gasteiger partial charge >= 0.3 is 0 Å². The maximum absolute atomic E-state index is 5.30. The molecule has 5 nitrogen and oxygen atoms in total. The van der Waals surface area contributed by atoms with Crippen LogP contribution in [-0.4, -0.2) is 28.2 Å². The minimum Gasteiger partial charge on any atom is -0.496 e. The zero-order valence-electron chi connectivity index (χ0n) is 12.7. The normalized spacial score (nSPS) is 11.3. The fourth-order valence-electron chi connectivity index (χ4n) is 2.15. The van der Waals surface area contributed by atoms with Crippen LogP contribution in [-0.2, 0) is 0 Å². The number of allylic oxidation sites excluding steroid dienone is 1. The van der Waals surface area contributed by atoms with Crippen LogP contribution >= 0.6 is 0 Å². The molecule has 0 unspecified atom stereocenters. The van der Waals surface area contributed by atoms with Crippen molar-refractivity contribution in [3.63, 3.8) is 0 Å². The smallest absolute Gasteiger partial charge is 0.184 e. The first-order valence-corrected chi connectivity index (χ1v) is 7.18. The molecule has 3 rings (SSSR count). The van der Waals surface area contributed by atoms with Crippen molar-refractivity contribution in [2.24, 2.45) is 5.10 Å². The lowest BCUT2D eigenvalue weighted by molar-refractivity contribution is 0.414. The van der Waals surface area contributed by atoms with Gasteiger partial charge in [0.25, 0.3) is 0 Å². The highest BCUT2D eigenvalue weighted by Gasteiger charge is 2.04. The molecule has 0 saturated carbocycles. The van der Waals surface area contributed by atoms with E-state index in [1.807, 2.05) is 66.7 Å². The molecular weight excluding hydrogens is 288 g/mol. The lowest BCUT2D eigenvalue weighted by Gasteiger charge is -2.02. The summed E-state index contributed by atoms with van der Waals surface area (Å²) < 4.78 is 6.95. The minimum absolute atomic E-state index is 0.701. The summed E-state index contributed by atoms with van der Waals surface area (Å²) >= 11 is 0. The quantitative estimate of drug-likeness (QED) is 0.678. The molecule has 3 aromatic rings. The van der Waals surface area contributed by atoms with Crippen LogP contribution in [0.5, 0.6) is 5.75 Å². The van der Waals surface area contributed by atoms with E-state index >= 15 is 0 Å². The summed E-state index contributed by atoms with van der Waals surface area (Å²) in [5, 5.41) is 12.4. The fraction of sp³-hybridized carbons (Fsp3) is 0.0556. The predicted molar refractivity (Wildman–Crippen MR) is 91.4 cm³/mol. The van der Waals surface area contributed by atoms with E-state index in [9.17, 15) is 0 Å². The van der Waals surface area contributed by atoms with Gasteiger partial charge in [0.15, 0.2) is 5.82 Å². The Morgan fingerprint density at radius 2 is 1.83 bits per heavy atom. The molecule has 0 N–H and O–H groups in total. The highest BCUT2D eigenvalue weighted by molar-refractivity contribution is 5.79. The molecule has 0 amide bonds. The van der Waals surface area contributed by atoms with Gasteiger partial charge in [-0.05, 0) is 18.2 Å². The predicted octanol–water partition coefficient (Wildman–Crippen LogP) is 3.50. The molecule has 0 saturated heterocycles. The Morgan fingerprint density at radius 3 is 2.65 bits per heavy atom. The average Bonchev–Trinajstić information content (AvgIpc) is 3.08. The largest absolute Gasteiger partial charge is 0.496 e. The molecule has 2 aromatic carbocycles. The first-order chi connectivity index (χ1) is 11.4. The third-order valence-corrected chi connectivity index (χ3v) is 3.25. The lowest BCUT2D eigenvalue weighted by atomic mass is 10.2. The van der Waals surface area contributed by atoms with Crippen LogP contribution in [0.4, 0.5) is 0 Å². The Hall–Kier alpha value is -3.21. The summed E-state index contributed by atoms with van der Waals surface area (Å²) in [6, 6.07) is 17.6. The molecule has 0 bridgehead atoms. The van der Waals surface area contributed by atoms with Gasteiger partial charge in [0, 0.05) is 17.3 Å². The number of rotatable bonds is 5. The molecule has 0 aliphatic rings. The second kappa shape index (κ2) is 7.17. The average molecular weight is 304 g/mol. The molecule has 0 aliphatic carbocycles. The highest BCUT2D eigenvalue weighted by atomic mass is 16.5. The maximum Gasteiger partial charge on any atom is 0.184 e. The number of hydrogen-bond donors (Lipinski definition) is 0. The monoisotopic (exact) mass is 304 g/mol. The maximum atomic E-state index is 5.30. The van der Waals surface area contributed by atoms with Crippen molar-refractivity contribution in [3.05, 3.63) is 72.6 Å². The first kappa shape index (κ1) is 14.7. The number of hydrogen-bond acceptors (Lipinski definition) is 4. The zero-order valence-corrected chi connectivity index (χ0v) is 12.7. The topological polar surface area (TPSA) is 52.3 Å². The van der Waals surface area contributed by atoms with Crippen molar-refractivity contribution in [1.82, 2.24) is 14.9 Å². The van der Waals surface area contributed by atoms with Crippen molar-refractivity contribution in [2.75, 3.05) is 7.11 Å². The molecule has 0 aliphatic heterocycles. The second-order valence-corrected chi connectivity index (χ2v) is 4.73. The Balaban J connectivity index is 1.77. The van der Waals surface area contributed by atoms with E-state index in [1.54, 1.807) is 24.3 Å². The number of aromatic nitrogens is 3. The summed E-state index contributed by atoms with van der Waals surface area (Å²) in [6.07, 6.45) is 7.07. The van der Waals surface area contributed by atoms with E-state index in [0.29, 0.717) is 5.82 Å². The number of methoxy groups -OCH3 is 1. The van der Waals surface area contributed by atoms with Gasteiger partial charge in [0.05, 0.1) is 7.11 Å². The van der Waals surface area contributed by atoms with Crippen molar-refractivity contribution < 1.29 is 4.74 Å². The fourth-order valence-corrected chi connectivity index (χ4v) is 2.15. The number of benzene rings is 2. The van der Waals surface area contributed by atoms with E-state index in [2.05, 4.69) is 15.3 Å². The Morgan fingerprint density at radius 1 is 1.04 bits per heavy atom. The summed E-state index contributed by atoms with van der Waals surface area (Å²) in [5.41, 5.74) is 1.96. The molecule has 1 heterocycles. The van der Waals surface area contributed by atoms with Gasteiger partial charge in [0.2, 0.25) is 0 Å². The molecule has 23 heavy (non-hydrogen) atoms. The van der Waals surface area contributed by atoms with Crippen LogP contribution in [0.1, 0.15) is 5.56 Å². The standard InChI is InChI=1S/C18H16N4O/c1-23-17-12-6-5-8-15(17)11-7-13-20-22-14-19-21-18(22)16-9-3-2-4-10-16/h2-14H,1H3/b11-7+,20-13-. The van der Waals surface area contributed by atoms with Gasteiger partial charge in [-0.15, -0.1) is 10.2 Å². The van der Waals surface area contributed by atoms with Crippen molar-refractivity contribution in [3.8, 4) is 17.1 Å². The van der Waals surface area contributed by atoms with E-state index in [0.717, 1.165) is 16.9 Å². The van der Waals surface area contributed by atoms with Crippen molar-refractivity contribution in [2.45, 2.75) is 0 Å². The van der Waals surface area contributed by atoms with E-state index < -0.39 is 0 Å². The number of nitrogens with zero attached hydrogens (tertiary/aromatic N) is 4. The first-order valence-electron chi connectivity index (χ1n) is 7.18. The Labute approximate surface area is 134 Å². The molecule has 0 radical (unpaired) electrons. The van der Waals surface area contributed by atoms with Crippen LogP contribution in [0, 0.1) is 0 Å². The van der Waals surface area contributed by atoms with Crippen molar-refractivity contribution >= 4 is 12.3 Å². The van der Waals surface area contributed by atoms with E-state index in [-0.39, 0.29) is 0 Å². The van der Waals surface area contributed by atoms with Crippen LogP contribution in [0.25, 0.3) is 17.5 Å². The second-order valence-electron chi connectivity index (χ2n) is 4.73. The number of ether oxygens (including phenoxy) is 1. The van der Waals surface area contributed by atoms with Gasteiger partial charge in [-0.25, -0.2) is 0 Å². The molecule has 5 heteroatoms. The van der Waals surface area contributed by atoms with E-state index in [1.165, 1.54) is 0 Å². The molecule has 114 valence electrons. The van der Waals surface area contributed by atoms with Crippen LogP contribution in [0.2, 0.25) is 0 Å². The summed E-state index contributed by atoms with van der Waals surface area (Å²) in [4.78, 5) is 0. The molecule has 1 aromatic heterocycles. The summed E-state index contributed by atoms with van der Waals surface area (Å²) in [7, 11) is 1.66.